The molecule has 0 spiro atoms. The molecule has 6 rings (SSSR count). The molecular formula is C29H26F3N7O3. The van der Waals surface area contributed by atoms with Gasteiger partial charge in [0.2, 0.25) is 0 Å². The number of nitrogens with one attached hydrogen (secondary N) is 3. The van der Waals surface area contributed by atoms with Crippen LogP contribution in [0.25, 0.3) is 33.3 Å². The molecule has 0 bridgehead atoms. The van der Waals surface area contributed by atoms with E-state index in [0.29, 0.717) is 27.9 Å². The molecule has 13 heteroatoms. The maximum absolute atomic E-state index is 14.2. The van der Waals surface area contributed by atoms with Crippen molar-refractivity contribution in [3.8, 4) is 11.4 Å². The number of rotatable bonds is 6. The lowest BCUT2D eigenvalue weighted by Crippen LogP contribution is -2.37. The molecule has 1 saturated heterocycles. The Labute approximate surface area is 236 Å². The van der Waals surface area contributed by atoms with Crippen molar-refractivity contribution in [1.29, 1.82) is 0 Å². The number of anilines is 2. The minimum Gasteiger partial charge on any atom is -0.481 e. The summed E-state index contributed by atoms with van der Waals surface area (Å²) in [5, 5.41) is 13.3. The minimum atomic E-state index is -4.68. The van der Waals surface area contributed by atoms with Gasteiger partial charge in [0.25, 0.3) is 5.56 Å². The van der Waals surface area contributed by atoms with Gasteiger partial charge >= 0.3 is 12.1 Å². The van der Waals surface area contributed by atoms with Gasteiger partial charge in [-0.2, -0.15) is 13.2 Å². The number of hydrogen-bond acceptors (Lipinski definition) is 7. The van der Waals surface area contributed by atoms with E-state index < -0.39 is 35.2 Å². The molecule has 4 heterocycles. The number of imidazole rings is 1. The molecule has 3 aromatic heterocycles. The molecule has 1 fully saturated rings. The van der Waals surface area contributed by atoms with Gasteiger partial charge in [0.1, 0.15) is 17.2 Å². The lowest BCUT2D eigenvalue weighted by atomic mass is 9.96. The fourth-order valence-electron chi connectivity index (χ4n) is 5.45. The second kappa shape index (κ2) is 10.5. The van der Waals surface area contributed by atoms with Crippen molar-refractivity contribution in [3.05, 3.63) is 76.6 Å². The predicted molar refractivity (Wildman–Crippen MR) is 151 cm³/mol. The summed E-state index contributed by atoms with van der Waals surface area (Å²) < 4.78 is 42.7. The molecule has 4 N–H and O–H groups in total. The first-order chi connectivity index (χ1) is 20.1. The average molecular weight is 578 g/mol. The van der Waals surface area contributed by atoms with Crippen LogP contribution in [-0.2, 0) is 11.0 Å². The molecule has 42 heavy (non-hydrogen) atoms. The number of pyridine rings is 1. The summed E-state index contributed by atoms with van der Waals surface area (Å²) in [5.74, 6) is -0.955. The smallest absolute Gasteiger partial charge is 0.418 e. The van der Waals surface area contributed by atoms with Crippen LogP contribution in [0.5, 0.6) is 0 Å². The van der Waals surface area contributed by atoms with E-state index in [1.807, 2.05) is 19.1 Å². The molecule has 5 aromatic rings. The van der Waals surface area contributed by atoms with Gasteiger partial charge < -0.3 is 25.3 Å². The summed E-state index contributed by atoms with van der Waals surface area (Å²) >= 11 is 0. The maximum atomic E-state index is 14.2. The highest BCUT2D eigenvalue weighted by molar-refractivity contribution is 5.99. The molecule has 0 saturated carbocycles. The Morgan fingerprint density at radius 1 is 1.07 bits per heavy atom. The first-order valence-electron chi connectivity index (χ1n) is 13.4. The summed E-state index contributed by atoms with van der Waals surface area (Å²) in [7, 11) is 0. The van der Waals surface area contributed by atoms with Crippen LogP contribution in [0.4, 0.5) is 24.5 Å². The number of aromatic nitrogens is 5. The molecular weight excluding hydrogens is 551 g/mol. The molecule has 0 amide bonds. The molecule has 0 unspecified atom stereocenters. The Bertz CT molecular complexity index is 1850. The third-order valence-corrected chi connectivity index (χ3v) is 7.58. The van der Waals surface area contributed by atoms with Crippen LogP contribution in [0.1, 0.15) is 37.2 Å². The lowest BCUT2D eigenvalue weighted by molar-refractivity contribution is -0.142. The largest absolute Gasteiger partial charge is 0.481 e. The Morgan fingerprint density at radius 3 is 2.48 bits per heavy atom. The van der Waals surface area contributed by atoms with Gasteiger partial charge in [-0.1, -0.05) is 18.2 Å². The third kappa shape index (κ3) is 5.01. The number of benzene rings is 2. The quantitative estimate of drug-likeness (QED) is 0.212. The number of H-pyrrole nitrogens is 2. The second-order valence-electron chi connectivity index (χ2n) is 10.3. The van der Waals surface area contributed by atoms with Crippen molar-refractivity contribution in [2.75, 3.05) is 23.3 Å². The molecule has 1 atom stereocenters. The van der Waals surface area contributed by atoms with Crippen LogP contribution in [0.3, 0.4) is 0 Å². The predicted octanol–water partition coefficient (Wildman–Crippen LogP) is 5.35. The number of carboxylic acid groups (broad SMARTS) is 1. The fourth-order valence-corrected chi connectivity index (χ4v) is 5.45. The number of alkyl halides is 3. The average Bonchev–Trinajstić information content (AvgIpc) is 3.39. The normalized spacial score (nSPS) is 15.3. The lowest BCUT2D eigenvalue weighted by Gasteiger charge is -2.33. The monoisotopic (exact) mass is 577 g/mol. The van der Waals surface area contributed by atoms with E-state index in [-0.39, 0.29) is 48.5 Å². The number of carboxylic acids is 1. The Balaban J connectivity index is 1.48. The van der Waals surface area contributed by atoms with Gasteiger partial charge in [-0.05, 0) is 44.0 Å². The highest BCUT2D eigenvalue weighted by atomic mass is 19.4. The molecule has 10 nitrogen and oxygen atoms in total. The summed E-state index contributed by atoms with van der Waals surface area (Å²) in [5.41, 5.74) is 0.0641. The Morgan fingerprint density at radius 2 is 1.79 bits per heavy atom. The third-order valence-electron chi connectivity index (χ3n) is 7.58. The number of halogens is 3. The summed E-state index contributed by atoms with van der Waals surface area (Å²) in [4.78, 5) is 45.3. The van der Waals surface area contributed by atoms with Gasteiger partial charge in [0.15, 0.2) is 0 Å². The van der Waals surface area contributed by atoms with E-state index in [4.69, 9.17) is 0 Å². The van der Waals surface area contributed by atoms with E-state index in [9.17, 15) is 27.9 Å². The summed E-state index contributed by atoms with van der Waals surface area (Å²) in [6.45, 7) is 2.18. The molecule has 216 valence electrons. The number of nitrogens with zero attached hydrogens (tertiary/aromatic N) is 4. The van der Waals surface area contributed by atoms with Crippen molar-refractivity contribution in [1.82, 2.24) is 24.9 Å². The number of aromatic amines is 2. The summed E-state index contributed by atoms with van der Waals surface area (Å²) in [6.07, 6.45) is -0.981. The number of fused-ring (bicyclic) bond motifs is 2. The number of para-hydroxylation sites is 1. The highest BCUT2D eigenvalue weighted by Gasteiger charge is 2.37. The number of hydrogen-bond donors (Lipinski definition) is 4. The van der Waals surface area contributed by atoms with E-state index in [0.717, 1.165) is 6.07 Å². The van der Waals surface area contributed by atoms with Crippen LogP contribution in [0, 0.1) is 5.92 Å². The summed E-state index contributed by atoms with van der Waals surface area (Å²) in [6, 6.07) is 10.8. The van der Waals surface area contributed by atoms with E-state index >= 15 is 0 Å². The van der Waals surface area contributed by atoms with Crippen LogP contribution in [-0.4, -0.2) is 49.1 Å². The van der Waals surface area contributed by atoms with E-state index in [1.54, 1.807) is 35.5 Å². The molecule has 0 aliphatic carbocycles. The fraction of sp³-hybridized carbons (Fsp3) is 0.276. The van der Waals surface area contributed by atoms with Gasteiger partial charge in [-0.15, -0.1) is 0 Å². The zero-order valence-electron chi connectivity index (χ0n) is 22.4. The number of piperidine rings is 1. The highest BCUT2D eigenvalue weighted by Crippen LogP contribution is 2.41. The standard InChI is InChI=1S/C29H26F3N7O3/c1-15(25-33-9-4-10-34-25)35-24-17-5-2-3-6-19(17)38-27(40)23(24)26-36-20-13-18(29(30,31)32)22(14-21(20)37-26)39-11-7-16(8-12-39)28(41)42/h2-6,9-10,13-16H,7-8,11-12H2,1H3,(H,36,37)(H,41,42)(H2,35,38,40)/t15-/m0/s1. The zero-order chi connectivity index (χ0) is 29.6. The molecule has 1 aliphatic rings. The van der Waals surface area contributed by atoms with Crippen molar-refractivity contribution in [2.45, 2.75) is 32.0 Å². The van der Waals surface area contributed by atoms with Crippen LogP contribution >= 0.6 is 0 Å². The van der Waals surface area contributed by atoms with Crippen molar-refractivity contribution in [3.63, 3.8) is 0 Å². The molecule has 0 radical (unpaired) electrons. The van der Waals surface area contributed by atoms with Crippen molar-refractivity contribution in [2.24, 2.45) is 5.92 Å². The first-order valence-corrected chi connectivity index (χ1v) is 13.4. The van der Waals surface area contributed by atoms with Gasteiger partial charge in [-0.25, -0.2) is 15.0 Å². The van der Waals surface area contributed by atoms with Crippen molar-refractivity contribution >= 4 is 39.3 Å². The van der Waals surface area contributed by atoms with Crippen LogP contribution in [0.15, 0.2) is 59.7 Å². The minimum absolute atomic E-state index is 0.0412. The maximum Gasteiger partial charge on any atom is 0.418 e. The van der Waals surface area contributed by atoms with Gasteiger partial charge in [0, 0.05) is 30.9 Å². The van der Waals surface area contributed by atoms with E-state index in [2.05, 4.69) is 30.2 Å². The van der Waals surface area contributed by atoms with Crippen molar-refractivity contribution < 1.29 is 23.1 Å². The SMILES string of the molecule is C[C@H](Nc1c(-c2nc3cc(C(F)(F)F)c(N4CCC(C(=O)O)CC4)cc3[nH]2)c(=O)[nH]c2ccccc12)c1ncccn1. The van der Waals surface area contributed by atoms with Gasteiger partial charge in [-0.3, -0.25) is 9.59 Å². The van der Waals surface area contributed by atoms with Gasteiger partial charge in [0.05, 0.1) is 45.4 Å². The molecule has 2 aromatic carbocycles. The van der Waals surface area contributed by atoms with Crippen LogP contribution in [0.2, 0.25) is 0 Å². The number of aliphatic carboxylic acids is 1. The Kier molecular flexibility index (Phi) is 6.79. The van der Waals surface area contributed by atoms with Crippen LogP contribution < -0.4 is 15.8 Å². The zero-order valence-corrected chi connectivity index (χ0v) is 22.4. The number of carbonyl (C=O) groups is 1. The van der Waals surface area contributed by atoms with E-state index in [1.165, 1.54) is 6.07 Å². The topological polar surface area (TPSA) is 140 Å². The first kappa shape index (κ1) is 27.2. The molecule has 1 aliphatic heterocycles. The second-order valence-corrected chi connectivity index (χ2v) is 10.3. The Hall–Kier alpha value is -4.94.